The summed E-state index contributed by atoms with van der Waals surface area (Å²) < 4.78 is 14.3. The molecule has 1 aromatic heterocycles. The fourth-order valence-corrected chi connectivity index (χ4v) is 4.28. The van der Waals surface area contributed by atoms with E-state index in [9.17, 15) is 0 Å². The molecular weight excluding hydrogens is 478 g/mol. The molecule has 0 saturated carbocycles. The molecule has 24 heavy (non-hydrogen) atoms. The minimum atomic E-state index is -1.12. The second-order valence-electron chi connectivity index (χ2n) is 6.64. The SMILES string of the molecule is C[Si](C)(C)CCOCn1cc(I)c2c(OCC#N)cc(Cl)c(Cl)c21. The lowest BCUT2D eigenvalue weighted by Gasteiger charge is -2.16. The lowest BCUT2D eigenvalue weighted by atomic mass is 10.2. The van der Waals surface area contributed by atoms with Crippen molar-refractivity contribution in [2.45, 2.75) is 32.4 Å². The highest BCUT2D eigenvalue weighted by Crippen LogP contribution is 2.40. The van der Waals surface area contributed by atoms with Crippen molar-refractivity contribution in [2.24, 2.45) is 0 Å². The van der Waals surface area contributed by atoms with Crippen LogP contribution in [0.3, 0.4) is 0 Å². The lowest BCUT2D eigenvalue weighted by molar-refractivity contribution is 0.0902. The molecule has 0 bridgehead atoms. The molecule has 8 heteroatoms. The van der Waals surface area contributed by atoms with Crippen molar-refractivity contribution in [1.29, 1.82) is 5.26 Å². The number of nitrogens with zero attached hydrogens (tertiary/aromatic N) is 2. The molecule has 0 N–H and O–H groups in total. The number of halogens is 3. The first-order valence-corrected chi connectivity index (χ1v) is 13.0. The second-order valence-corrected chi connectivity index (χ2v) is 14.2. The van der Waals surface area contributed by atoms with Crippen molar-refractivity contribution in [1.82, 2.24) is 4.57 Å². The van der Waals surface area contributed by atoms with E-state index in [0.29, 0.717) is 22.5 Å². The number of benzene rings is 1. The molecule has 2 aromatic rings. The Morgan fingerprint density at radius 2 is 2.04 bits per heavy atom. The molecule has 0 aliphatic carbocycles. The zero-order chi connectivity index (χ0) is 17.9. The summed E-state index contributed by atoms with van der Waals surface area (Å²) in [7, 11) is -1.12. The van der Waals surface area contributed by atoms with E-state index >= 15 is 0 Å². The van der Waals surface area contributed by atoms with Crippen LogP contribution in [-0.2, 0) is 11.5 Å². The van der Waals surface area contributed by atoms with Gasteiger partial charge in [-0.05, 0) is 28.6 Å². The van der Waals surface area contributed by atoms with Gasteiger partial charge < -0.3 is 14.0 Å². The van der Waals surface area contributed by atoms with Gasteiger partial charge in [0, 0.05) is 30.5 Å². The summed E-state index contributed by atoms with van der Waals surface area (Å²) in [6, 6.07) is 4.73. The second kappa shape index (κ2) is 8.28. The topological polar surface area (TPSA) is 47.2 Å². The molecule has 1 heterocycles. The number of fused-ring (bicyclic) bond motifs is 1. The minimum absolute atomic E-state index is 0.0406. The van der Waals surface area contributed by atoms with Crippen LogP contribution in [0.5, 0.6) is 5.75 Å². The van der Waals surface area contributed by atoms with Gasteiger partial charge in [0.15, 0.2) is 6.61 Å². The van der Waals surface area contributed by atoms with Crippen LogP contribution in [0.4, 0.5) is 0 Å². The molecular formula is C16H19Cl2IN2O2Si. The fraction of sp³-hybridized carbons (Fsp3) is 0.438. The Morgan fingerprint density at radius 1 is 1.33 bits per heavy atom. The van der Waals surface area contributed by atoms with Crippen LogP contribution >= 0.6 is 45.8 Å². The van der Waals surface area contributed by atoms with Gasteiger partial charge in [0.25, 0.3) is 0 Å². The van der Waals surface area contributed by atoms with Gasteiger partial charge in [-0.15, -0.1) is 0 Å². The number of ether oxygens (including phenoxy) is 2. The standard InChI is InChI=1S/C16H19Cl2IN2O2Si/c1-24(2,3)7-6-22-10-21-9-12(19)14-13(23-5-4-20)8-11(17)15(18)16(14)21/h8-9H,5-7,10H2,1-3H3. The summed E-state index contributed by atoms with van der Waals surface area (Å²) in [5, 5.41) is 10.5. The molecule has 2 rings (SSSR count). The first-order valence-electron chi connectivity index (χ1n) is 7.48. The van der Waals surface area contributed by atoms with Gasteiger partial charge in [-0.25, -0.2) is 0 Å². The summed E-state index contributed by atoms with van der Waals surface area (Å²) in [6.45, 7) is 8.05. The van der Waals surface area contributed by atoms with Crippen LogP contribution in [-0.4, -0.2) is 25.9 Å². The molecule has 0 aliphatic heterocycles. The van der Waals surface area contributed by atoms with Crippen LogP contribution in [0.2, 0.25) is 35.7 Å². The maximum absolute atomic E-state index is 8.75. The lowest BCUT2D eigenvalue weighted by Crippen LogP contribution is -2.22. The molecule has 0 aliphatic rings. The van der Waals surface area contributed by atoms with Crippen molar-refractivity contribution in [3.63, 3.8) is 0 Å². The summed E-state index contributed by atoms with van der Waals surface area (Å²) >= 11 is 14.9. The average Bonchev–Trinajstić information content (AvgIpc) is 2.82. The van der Waals surface area contributed by atoms with Crippen LogP contribution in [0.15, 0.2) is 12.3 Å². The van der Waals surface area contributed by atoms with Crippen molar-refractivity contribution in [3.8, 4) is 11.8 Å². The zero-order valence-electron chi connectivity index (χ0n) is 13.8. The monoisotopic (exact) mass is 496 g/mol. The van der Waals surface area contributed by atoms with Crippen molar-refractivity contribution in [2.75, 3.05) is 13.2 Å². The van der Waals surface area contributed by atoms with Gasteiger partial charge in [0.05, 0.1) is 20.9 Å². The number of rotatable bonds is 7. The van der Waals surface area contributed by atoms with E-state index in [1.54, 1.807) is 6.07 Å². The maximum Gasteiger partial charge on any atom is 0.174 e. The van der Waals surface area contributed by atoms with Gasteiger partial charge >= 0.3 is 0 Å². The van der Waals surface area contributed by atoms with Crippen LogP contribution in [0.1, 0.15) is 0 Å². The number of hydrogen-bond acceptors (Lipinski definition) is 3. The van der Waals surface area contributed by atoms with Crippen molar-refractivity contribution < 1.29 is 9.47 Å². The van der Waals surface area contributed by atoms with E-state index in [1.807, 2.05) is 16.8 Å². The normalized spacial score (nSPS) is 11.7. The molecule has 0 amide bonds. The minimum Gasteiger partial charge on any atom is -0.478 e. The van der Waals surface area contributed by atoms with Crippen molar-refractivity contribution >= 4 is 64.8 Å². The van der Waals surface area contributed by atoms with Gasteiger partial charge in [0.1, 0.15) is 18.5 Å². The molecule has 4 nitrogen and oxygen atoms in total. The van der Waals surface area contributed by atoms with Gasteiger partial charge in [-0.2, -0.15) is 5.26 Å². The Morgan fingerprint density at radius 3 is 2.67 bits per heavy atom. The summed E-state index contributed by atoms with van der Waals surface area (Å²) in [5.74, 6) is 0.561. The highest BCUT2D eigenvalue weighted by molar-refractivity contribution is 14.1. The number of hydrogen-bond donors (Lipinski definition) is 0. The highest BCUT2D eigenvalue weighted by atomic mass is 127. The first kappa shape index (κ1) is 19.9. The highest BCUT2D eigenvalue weighted by Gasteiger charge is 2.19. The Balaban J connectivity index is 2.31. The van der Waals surface area contributed by atoms with Crippen LogP contribution in [0.25, 0.3) is 10.9 Å². The molecule has 1 aromatic carbocycles. The molecule has 130 valence electrons. The quantitative estimate of drug-likeness (QED) is 0.278. The van der Waals surface area contributed by atoms with Crippen LogP contribution in [0, 0.1) is 14.9 Å². The first-order chi connectivity index (χ1) is 11.2. The predicted molar refractivity (Wildman–Crippen MR) is 110 cm³/mol. The third-order valence-electron chi connectivity index (χ3n) is 3.47. The van der Waals surface area contributed by atoms with Crippen LogP contribution < -0.4 is 4.74 Å². The van der Waals surface area contributed by atoms with Gasteiger partial charge in [-0.3, -0.25) is 0 Å². The average molecular weight is 497 g/mol. The Labute approximate surface area is 166 Å². The van der Waals surface area contributed by atoms with E-state index in [4.69, 9.17) is 37.9 Å². The Bertz CT molecular complexity index is 781. The third kappa shape index (κ3) is 4.79. The predicted octanol–water partition coefficient (Wildman–Crippen LogP) is 5.77. The maximum atomic E-state index is 8.75. The molecule has 0 spiro atoms. The number of nitriles is 1. The summed E-state index contributed by atoms with van der Waals surface area (Å²) in [6.07, 6.45) is 1.96. The van der Waals surface area contributed by atoms with E-state index in [-0.39, 0.29) is 6.61 Å². The zero-order valence-corrected chi connectivity index (χ0v) is 18.5. The van der Waals surface area contributed by atoms with Gasteiger partial charge in [-0.1, -0.05) is 42.8 Å². The summed E-state index contributed by atoms with van der Waals surface area (Å²) in [4.78, 5) is 0. The van der Waals surface area contributed by atoms with E-state index in [1.165, 1.54) is 0 Å². The van der Waals surface area contributed by atoms with Gasteiger partial charge in [0.2, 0.25) is 0 Å². The van der Waals surface area contributed by atoms with E-state index < -0.39 is 8.07 Å². The molecule has 0 unspecified atom stereocenters. The number of aromatic nitrogens is 1. The molecule has 0 saturated heterocycles. The molecule has 0 fully saturated rings. The fourth-order valence-electron chi connectivity index (χ4n) is 2.22. The Hall–Kier alpha value is -0.463. The van der Waals surface area contributed by atoms with E-state index in [2.05, 4.69) is 42.2 Å². The Kier molecular flexibility index (Phi) is 6.85. The van der Waals surface area contributed by atoms with E-state index in [0.717, 1.165) is 27.1 Å². The van der Waals surface area contributed by atoms with Crippen molar-refractivity contribution in [3.05, 3.63) is 25.9 Å². The summed E-state index contributed by atoms with van der Waals surface area (Å²) in [5.41, 5.74) is 0.773. The molecule has 0 atom stereocenters. The molecule has 0 radical (unpaired) electrons. The third-order valence-corrected chi connectivity index (χ3v) is 6.77. The largest absolute Gasteiger partial charge is 0.478 e. The smallest absolute Gasteiger partial charge is 0.174 e.